The SMILES string of the molecule is [C-]#[N+]c1c(C)c(N=Nc2cccc(S(=O)(=O)N(CC(CC)CCCC)CC(CC)CCCC)c2)c(=O)n(-c2cccc(C3C(=O)C(=NNc4cccc(S(=O)(=O)N(CC(CC)CCCC)CC(CC)CCCC)c4)C(C)=C(C#N)C3=O)c2)c1O. The summed E-state index contributed by atoms with van der Waals surface area (Å²) in [6.07, 6.45) is 15.0. The first kappa shape index (κ1) is 68.1. The number of ketones is 2. The van der Waals surface area contributed by atoms with E-state index in [4.69, 9.17) is 6.57 Å². The van der Waals surface area contributed by atoms with Gasteiger partial charge in [0.2, 0.25) is 25.9 Å². The van der Waals surface area contributed by atoms with E-state index in [1.165, 1.54) is 62.4 Å². The van der Waals surface area contributed by atoms with E-state index in [1.54, 1.807) is 32.9 Å². The number of carbonyl (C=O) groups is 2. The predicted octanol–water partition coefficient (Wildman–Crippen LogP) is 15.2. The molecule has 0 radical (unpaired) electrons. The molecule has 1 aliphatic rings. The summed E-state index contributed by atoms with van der Waals surface area (Å²) in [6, 6.07) is 19.8. The Morgan fingerprint density at radius 2 is 1.14 bits per heavy atom. The minimum absolute atomic E-state index is 0.000196. The smallest absolute Gasteiger partial charge is 0.283 e. The standard InChI is InChI=1S/C65H89N9O8S2/c1-12-20-27-47(16-5)41-72(42-48(17-6)28-21-13-2)83(79,80)55-35-25-32-52(38-55)68-70-59-45(9)57(40-66)62(75)58(63(59)76)51-31-24-34-54(37-51)74-64(77)60(67-11)46(10)61(65(74)78)71-69-53-33-26-36-56(39-53)84(81,82)73(43-49(18-7)29-22-14-3)44-50(19-8)30-23-15-4/h24-26,31-39,47-50,58,68,77H,12-23,27-30,41-44H2,1-10H3. The molecular formula is C65H89N9O8S2. The lowest BCUT2D eigenvalue weighted by molar-refractivity contribution is -0.124. The second-order valence-corrected chi connectivity index (χ2v) is 26.2. The highest BCUT2D eigenvalue weighted by Crippen LogP contribution is 2.38. The van der Waals surface area contributed by atoms with Crippen molar-refractivity contribution in [3.8, 4) is 17.6 Å². The number of allylic oxidation sites excluding steroid dienone is 2. The van der Waals surface area contributed by atoms with Crippen LogP contribution >= 0.6 is 0 Å². The van der Waals surface area contributed by atoms with Crippen molar-refractivity contribution in [3.63, 3.8) is 0 Å². The quantitative estimate of drug-likeness (QED) is 0.0194. The van der Waals surface area contributed by atoms with Gasteiger partial charge in [0.1, 0.15) is 29.0 Å². The molecule has 1 heterocycles. The van der Waals surface area contributed by atoms with Crippen LogP contribution in [0.1, 0.15) is 182 Å². The van der Waals surface area contributed by atoms with Crippen LogP contribution in [0.4, 0.5) is 22.7 Å². The van der Waals surface area contributed by atoms with Gasteiger partial charge < -0.3 is 5.11 Å². The Bertz CT molecular complexity index is 3360. The number of anilines is 1. The molecule has 0 fully saturated rings. The number of sulfonamides is 2. The lowest BCUT2D eigenvalue weighted by Gasteiger charge is -2.30. The Kier molecular flexibility index (Phi) is 26.4. The summed E-state index contributed by atoms with van der Waals surface area (Å²) in [4.78, 5) is 47.0. The van der Waals surface area contributed by atoms with Crippen molar-refractivity contribution in [2.45, 2.75) is 188 Å². The summed E-state index contributed by atoms with van der Waals surface area (Å²) in [5.41, 5.74) is 0.994. The molecule has 5 rings (SSSR count). The zero-order valence-corrected chi connectivity index (χ0v) is 52.8. The summed E-state index contributed by atoms with van der Waals surface area (Å²) in [5, 5.41) is 35.0. The van der Waals surface area contributed by atoms with E-state index in [9.17, 15) is 41.6 Å². The molecule has 3 aromatic carbocycles. The van der Waals surface area contributed by atoms with E-state index in [0.717, 1.165) is 107 Å². The molecule has 2 N–H and O–H groups in total. The number of nitrogens with zero attached hydrogens (tertiary/aromatic N) is 8. The molecule has 0 spiro atoms. The molecule has 1 aromatic heterocycles. The Morgan fingerprint density at radius 1 is 0.667 bits per heavy atom. The van der Waals surface area contributed by atoms with Gasteiger partial charge in [0.05, 0.1) is 33.4 Å². The molecule has 19 heteroatoms. The van der Waals surface area contributed by atoms with Gasteiger partial charge in [0, 0.05) is 31.8 Å². The van der Waals surface area contributed by atoms with Gasteiger partial charge in [-0.1, -0.05) is 157 Å². The Balaban J connectivity index is 1.51. The maximum Gasteiger partial charge on any atom is 0.283 e. The van der Waals surface area contributed by atoms with Gasteiger partial charge in [0.15, 0.2) is 11.6 Å². The van der Waals surface area contributed by atoms with Gasteiger partial charge in [-0.2, -0.15) is 24.1 Å². The molecule has 0 saturated heterocycles. The van der Waals surface area contributed by atoms with Crippen LogP contribution in [-0.2, 0) is 29.6 Å². The third-order valence-corrected chi connectivity index (χ3v) is 20.1. The molecule has 5 unspecified atom stereocenters. The number of aromatic hydroxyl groups is 1. The van der Waals surface area contributed by atoms with E-state index < -0.39 is 49.0 Å². The minimum Gasteiger partial charge on any atom is -0.502 e. The number of pyridine rings is 1. The van der Waals surface area contributed by atoms with Crippen molar-refractivity contribution in [2.75, 3.05) is 31.6 Å². The molecule has 0 bridgehead atoms. The van der Waals surface area contributed by atoms with Crippen LogP contribution in [0, 0.1) is 48.5 Å². The van der Waals surface area contributed by atoms with Crippen molar-refractivity contribution in [3.05, 3.63) is 117 Å². The van der Waals surface area contributed by atoms with Gasteiger partial charge in [0.25, 0.3) is 11.2 Å². The molecule has 4 aromatic rings. The average molecular weight is 1190 g/mol. The average Bonchev–Trinajstić information content (AvgIpc) is 3.19. The van der Waals surface area contributed by atoms with Crippen molar-refractivity contribution in [1.82, 2.24) is 13.2 Å². The normalized spacial score (nSPS) is 16.1. The van der Waals surface area contributed by atoms with E-state index in [0.29, 0.717) is 26.2 Å². The van der Waals surface area contributed by atoms with Gasteiger partial charge >= 0.3 is 0 Å². The Hall–Kier alpha value is -6.64. The third kappa shape index (κ3) is 16.8. The maximum absolute atomic E-state index is 14.6. The first-order valence-corrected chi connectivity index (χ1v) is 33.2. The van der Waals surface area contributed by atoms with E-state index >= 15 is 0 Å². The minimum atomic E-state index is -4.02. The highest BCUT2D eigenvalue weighted by atomic mass is 32.2. The lowest BCUT2D eigenvalue weighted by atomic mass is 9.77. The summed E-state index contributed by atoms with van der Waals surface area (Å²) < 4.78 is 62.5. The summed E-state index contributed by atoms with van der Waals surface area (Å²) >= 11 is 0. The van der Waals surface area contributed by atoms with Crippen LogP contribution in [0.25, 0.3) is 10.5 Å². The fourth-order valence-electron chi connectivity index (χ4n) is 10.9. The lowest BCUT2D eigenvalue weighted by Crippen LogP contribution is -2.39. The van der Waals surface area contributed by atoms with Crippen molar-refractivity contribution >= 4 is 60.1 Å². The van der Waals surface area contributed by atoms with Crippen LogP contribution in [-0.4, -0.2) is 78.6 Å². The third-order valence-electron chi connectivity index (χ3n) is 16.5. The van der Waals surface area contributed by atoms with Gasteiger partial charge in [-0.25, -0.2) is 21.7 Å². The van der Waals surface area contributed by atoms with Crippen molar-refractivity contribution in [2.24, 2.45) is 39.0 Å². The number of benzene rings is 3. The number of Topliss-reactive ketones (excluding diaryl/α,β-unsaturated/α-hetero) is 2. The van der Waals surface area contributed by atoms with E-state index in [-0.39, 0.29) is 89.9 Å². The first-order valence-electron chi connectivity index (χ1n) is 30.4. The van der Waals surface area contributed by atoms with Gasteiger partial charge in [-0.05, 0) is 123 Å². The number of nitrogens with one attached hydrogen (secondary N) is 1. The molecule has 454 valence electrons. The van der Waals surface area contributed by atoms with Crippen LogP contribution in [0.5, 0.6) is 5.88 Å². The van der Waals surface area contributed by atoms with Gasteiger partial charge in [-0.3, -0.25) is 24.4 Å². The Labute approximate surface area is 500 Å². The fraction of sp³-hybridized carbons (Fsp3) is 0.538. The topological polar surface area (TPSA) is 228 Å². The van der Waals surface area contributed by atoms with E-state index in [1.807, 2.05) is 6.07 Å². The van der Waals surface area contributed by atoms with Gasteiger partial charge in [-0.15, -0.1) is 5.11 Å². The zero-order chi connectivity index (χ0) is 61.7. The number of hydrogen-bond acceptors (Lipinski definition) is 13. The second kappa shape index (κ2) is 32.6. The number of aromatic nitrogens is 1. The Morgan fingerprint density at radius 3 is 1.61 bits per heavy atom. The number of azo groups is 1. The molecule has 1 aliphatic carbocycles. The molecule has 17 nitrogen and oxygen atoms in total. The fourth-order valence-corrected chi connectivity index (χ4v) is 14.1. The van der Waals surface area contributed by atoms with Crippen LogP contribution in [0.15, 0.2) is 114 Å². The first-order chi connectivity index (χ1) is 40.2. The summed E-state index contributed by atoms with van der Waals surface area (Å²) in [5.74, 6) is -3.29. The summed E-state index contributed by atoms with van der Waals surface area (Å²) in [7, 11) is -8.03. The molecule has 5 atom stereocenters. The van der Waals surface area contributed by atoms with Crippen LogP contribution in [0.3, 0.4) is 0 Å². The maximum atomic E-state index is 14.6. The number of carbonyl (C=O) groups excluding carboxylic acids is 2. The second-order valence-electron chi connectivity index (χ2n) is 22.4. The molecule has 0 saturated carbocycles. The number of nitriles is 1. The van der Waals surface area contributed by atoms with Crippen LogP contribution in [0.2, 0.25) is 0 Å². The van der Waals surface area contributed by atoms with Crippen LogP contribution < -0.4 is 11.0 Å². The number of unbranched alkanes of at least 4 members (excludes halogenated alkanes) is 4. The molecule has 0 amide bonds. The molecule has 0 aliphatic heterocycles. The molecular weight excluding hydrogens is 1100 g/mol. The number of hydrogen-bond donors (Lipinski definition) is 2. The molecule has 84 heavy (non-hydrogen) atoms. The van der Waals surface area contributed by atoms with Crippen molar-refractivity contribution < 1.29 is 31.5 Å². The highest BCUT2D eigenvalue weighted by molar-refractivity contribution is 7.89. The van der Waals surface area contributed by atoms with E-state index in [2.05, 4.69) is 81.0 Å². The highest BCUT2D eigenvalue weighted by Gasteiger charge is 2.41. The monoisotopic (exact) mass is 1190 g/mol. The predicted molar refractivity (Wildman–Crippen MR) is 335 cm³/mol. The van der Waals surface area contributed by atoms with Crippen molar-refractivity contribution in [1.29, 1.82) is 5.26 Å². The number of rotatable bonds is 34. The zero-order valence-electron chi connectivity index (χ0n) is 51.2. The summed E-state index contributed by atoms with van der Waals surface area (Å²) in [6.45, 7) is 29.3. The number of hydrazone groups is 1. The largest absolute Gasteiger partial charge is 0.502 e.